The van der Waals surface area contributed by atoms with Crippen LogP contribution >= 0.6 is 9.24 Å². The Bertz CT molecular complexity index is 468. The molecular weight excluding hydrogens is 236 g/mol. The molecule has 0 bridgehead atoms. The zero-order valence-corrected chi connectivity index (χ0v) is 11.5. The lowest BCUT2D eigenvalue weighted by Gasteiger charge is -2.08. The number of nitrogens with one attached hydrogen (secondary N) is 1. The van der Waals surface area contributed by atoms with Crippen molar-refractivity contribution in [2.45, 2.75) is 20.3 Å². The van der Waals surface area contributed by atoms with E-state index in [0.717, 1.165) is 16.7 Å². The van der Waals surface area contributed by atoms with E-state index in [9.17, 15) is 9.18 Å². The van der Waals surface area contributed by atoms with Crippen LogP contribution in [0.2, 0.25) is 0 Å². The summed E-state index contributed by atoms with van der Waals surface area (Å²) in [6.07, 6.45) is 0.340. The average Bonchev–Trinajstić information content (AvgIpc) is 2.31. The third-order valence-corrected chi connectivity index (χ3v) is 3.25. The lowest BCUT2D eigenvalue weighted by Crippen LogP contribution is -2.17. The maximum absolute atomic E-state index is 13.4. The topological polar surface area (TPSA) is 29.1 Å². The first-order valence-electron chi connectivity index (χ1n) is 5.38. The molecule has 0 radical (unpaired) electrons. The first kappa shape index (κ1) is 13.9. The minimum atomic E-state index is -0.250. The van der Waals surface area contributed by atoms with Crippen molar-refractivity contribution in [1.82, 2.24) is 5.32 Å². The number of carbonyl (C=O) groups excluding carboxylic acids is 1. The molecule has 17 heavy (non-hydrogen) atoms. The van der Waals surface area contributed by atoms with Gasteiger partial charge in [-0.2, -0.15) is 0 Å². The van der Waals surface area contributed by atoms with Gasteiger partial charge in [0.1, 0.15) is 5.82 Å². The molecule has 0 aliphatic rings. The van der Waals surface area contributed by atoms with Gasteiger partial charge >= 0.3 is 0 Å². The summed E-state index contributed by atoms with van der Waals surface area (Å²) in [6, 6.07) is 5.06. The Morgan fingerprint density at radius 1 is 1.41 bits per heavy atom. The van der Waals surface area contributed by atoms with Gasteiger partial charge < -0.3 is 5.32 Å². The lowest BCUT2D eigenvalue weighted by atomic mass is 10.00. The van der Waals surface area contributed by atoms with E-state index < -0.39 is 0 Å². The van der Waals surface area contributed by atoms with Crippen LogP contribution in [0.25, 0.3) is 5.57 Å². The van der Waals surface area contributed by atoms with E-state index in [1.54, 1.807) is 13.1 Å². The second kappa shape index (κ2) is 5.92. The molecule has 0 aliphatic carbocycles. The van der Waals surface area contributed by atoms with Crippen molar-refractivity contribution in [3.8, 4) is 0 Å². The highest BCUT2D eigenvalue weighted by molar-refractivity contribution is 7.27. The summed E-state index contributed by atoms with van der Waals surface area (Å²) in [5.74, 6) is -0.287. The van der Waals surface area contributed by atoms with E-state index in [2.05, 4.69) is 14.6 Å². The molecule has 0 fully saturated rings. The predicted molar refractivity (Wildman–Crippen MR) is 72.7 cm³/mol. The van der Waals surface area contributed by atoms with Gasteiger partial charge in [-0.3, -0.25) is 4.79 Å². The van der Waals surface area contributed by atoms with Crippen LogP contribution < -0.4 is 10.6 Å². The monoisotopic (exact) mass is 253 g/mol. The minimum Gasteiger partial charge on any atom is -0.359 e. The summed E-state index contributed by atoms with van der Waals surface area (Å²) >= 11 is 0. The molecule has 1 aromatic carbocycles. The fourth-order valence-electron chi connectivity index (χ4n) is 1.47. The molecule has 0 spiro atoms. The number of allylic oxidation sites excluding steroid dienone is 1. The van der Waals surface area contributed by atoms with Crippen LogP contribution in [-0.4, -0.2) is 13.0 Å². The van der Waals surface area contributed by atoms with E-state index in [1.807, 2.05) is 19.9 Å². The molecule has 1 N–H and O–H groups in total. The third kappa shape index (κ3) is 3.64. The highest BCUT2D eigenvalue weighted by atomic mass is 31.0. The van der Waals surface area contributed by atoms with Crippen molar-refractivity contribution in [3.63, 3.8) is 0 Å². The Morgan fingerprint density at radius 2 is 2.06 bits per heavy atom. The third-order valence-electron chi connectivity index (χ3n) is 2.78. The average molecular weight is 253 g/mol. The molecule has 1 rings (SSSR count). The number of rotatable bonds is 3. The van der Waals surface area contributed by atoms with Crippen molar-refractivity contribution in [1.29, 1.82) is 0 Å². The Hall–Kier alpha value is -1.21. The number of benzene rings is 1. The Morgan fingerprint density at radius 3 is 2.59 bits per heavy atom. The normalized spacial score (nSPS) is 12.1. The molecule has 0 heterocycles. The highest BCUT2D eigenvalue weighted by Crippen LogP contribution is 2.20. The molecule has 1 unspecified atom stereocenters. The Labute approximate surface area is 104 Å². The van der Waals surface area contributed by atoms with Gasteiger partial charge in [0, 0.05) is 18.8 Å². The summed E-state index contributed by atoms with van der Waals surface area (Å²) in [5.41, 5.74) is 2.70. The van der Waals surface area contributed by atoms with Crippen LogP contribution in [0.5, 0.6) is 0 Å². The van der Waals surface area contributed by atoms with Gasteiger partial charge in [0.2, 0.25) is 5.91 Å². The fraction of sp³-hybridized carbons (Fsp3) is 0.308. The minimum absolute atomic E-state index is 0.0370. The van der Waals surface area contributed by atoms with Crippen molar-refractivity contribution < 1.29 is 9.18 Å². The van der Waals surface area contributed by atoms with Gasteiger partial charge in [-0.15, -0.1) is 9.24 Å². The summed E-state index contributed by atoms with van der Waals surface area (Å²) in [4.78, 5) is 11.3. The van der Waals surface area contributed by atoms with Crippen molar-refractivity contribution >= 4 is 26.0 Å². The van der Waals surface area contributed by atoms with Gasteiger partial charge in [-0.1, -0.05) is 17.7 Å². The van der Waals surface area contributed by atoms with Gasteiger partial charge in [0.05, 0.1) is 0 Å². The molecule has 1 amide bonds. The summed E-state index contributed by atoms with van der Waals surface area (Å²) < 4.78 is 13.4. The van der Waals surface area contributed by atoms with E-state index in [0.29, 0.717) is 11.7 Å². The number of halogens is 1. The van der Waals surface area contributed by atoms with Gasteiger partial charge in [0.25, 0.3) is 0 Å². The molecule has 4 heteroatoms. The maximum atomic E-state index is 13.4. The van der Waals surface area contributed by atoms with Crippen LogP contribution in [0, 0.1) is 5.82 Å². The molecule has 0 aromatic heterocycles. The number of carbonyl (C=O) groups is 1. The Kier molecular flexibility index (Phi) is 4.83. The molecule has 0 saturated heterocycles. The van der Waals surface area contributed by atoms with E-state index in [1.165, 1.54) is 6.07 Å². The first-order valence-corrected chi connectivity index (χ1v) is 5.95. The van der Waals surface area contributed by atoms with Crippen LogP contribution in [0.4, 0.5) is 4.39 Å². The van der Waals surface area contributed by atoms with Crippen molar-refractivity contribution in [2.75, 3.05) is 7.05 Å². The van der Waals surface area contributed by atoms with Crippen LogP contribution in [0.3, 0.4) is 0 Å². The standard InChI is InChI=1S/C13H17FNOP/c1-8(6-13(16)15-3)9(2)10-4-5-12(17)11(14)7-10/h4-5,7H,6,17H2,1-3H3,(H,15,16)/b9-8-. The Balaban J connectivity index is 3.01. The molecule has 1 atom stereocenters. The van der Waals surface area contributed by atoms with Crippen LogP contribution in [0.15, 0.2) is 23.8 Å². The molecule has 0 aliphatic heterocycles. The lowest BCUT2D eigenvalue weighted by molar-refractivity contribution is -0.119. The summed E-state index contributed by atoms with van der Waals surface area (Å²) in [6.45, 7) is 3.78. The number of hydrogen-bond donors (Lipinski definition) is 1. The van der Waals surface area contributed by atoms with Crippen LogP contribution in [0.1, 0.15) is 25.8 Å². The maximum Gasteiger partial charge on any atom is 0.223 e. The molecule has 0 saturated carbocycles. The zero-order valence-electron chi connectivity index (χ0n) is 10.3. The zero-order chi connectivity index (χ0) is 13.0. The van der Waals surface area contributed by atoms with Gasteiger partial charge in [0.15, 0.2) is 0 Å². The van der Waals surface area contributed by atoms with Crippen LogP contribution in [-0.2, 0) is 4.79 Å². The second-order valence-corrected chi connectivity index (χ2v) is 4.61. The van der Waals surface area contributed by atoms with Crippen molar-refractivity contribution in [3.05, 3.63) is 35.2 Å². The molecular formula is C13H17FNOP. The summed E-state index contributed by atoms with van der Waals surface area (Å²) in [5, 5.41) is 3.12. The van der Waals surface area contributed by atoms with E-state index in [-0.39, 0.29) is 11.7 Å². The molecule has 2 nitrogen and oxygen atoms in total. The van der Waals surface area contributed by atoms with E-state index in [4.69, 9.17) is 0 Å². The van der Waals surface area contributed by atoms with E-state index >= 15 is 0 Å². The number of hydrogen-bond acceptors (Lipinski definition) is 1. The number of amides is 1. The summed E-state index contributed by atoms with van der Waals surface area (Å²) in [7, 11) is 3.95. The molecule has 92 valence electrons. The molecule has 1 aromatic rings. The second-order valence-electron chi connectivity index (χ2n) is 3.99. The first-order chi connectivity index (χ1) is 7.95. The van der Waals surface area contributed by atoms with Gasteiger partial charge in [-0.05, 0) is 31.1 Å². The predicted octanol–water partition coefficient (Wildman–Crippen LogP) is 2.26. The fourth-order valence-corrected chi connectivity index (χ4v) is 1.65. The quantitative estimate of drug-likeness (QED) is 0.822. The smallest absolute Gasteiger partial charge is 0.223 e. The van der Waals surface area contributed by atoms with Crippen molar-refractivity contribution in [2.24, 2.45) is 0 Å². The largest absolute Gasteiger partial charge is 0.359 e. The highest BCUT2D eigenvalue weighted by Gasteiger charge is 2.06. The van der Waals surface area contributed by atoms with Gasteiger partial charge in [-0.25, -0.2) is 4.39 Å². The SMILES string of the molecule is CNC(=O)C/C(C)=C(/C)c1ccc(P)c(F)c1.